The molecule has 0 aromatic heterocycles. The molecule has 0 atom stereocenters. The van der Waals surface area contributed by atoms with Crippen LogP contribution in [0.25, 0.3) is 0 Å². The lowest BCUT2D eigenvalue weighted by molar-refractivity contribution is -0.104. The molecule has 0 heterocycles. The van der Waals surface area contributed by atoms with Gasteiger partial charge in [-0.1, -0.05) is 5.92 Å². The average Bonchev–Trinajstić information content (AvgIpc) is 1.68. The Bertz CT molecular complexity index is 126. The lowest BCUT2D eigenvalue weighted by atomic mass is 10.3. The first-order valence-corrected chi connectivity index (χ1v) is 1.90. The van der Waals surface area contributed by atoms with Crippen molar-refractivity contribution in [2.24, 2.45) is 0 Å². The van der Waals surface area contributed by atoms with Crippen molar-refractivity contribution < 1.29 is 4.79 Å². The molecule has 0 bridgehead atoms. The van der Waals surface area contributed by atoms with E-state index < -0.39 is 0 Å². The molecular weight excluding hydrogens is 88.1 g/mol. The highest BCUT2D eigenvalue weighted by atomic mass is 16.1. The molecule has 0 rings (SSSR count). The third-order valence-electron chi connectivity index (χ3n) is 0.546. The van der Waals surface area contributed by atoms with Gasteiger partial charge in [-0.25, -0.2) is 0 Å². The van der Waals surface area contributed by atoms with E-state index in [-0.39, 0.29) is 0 Å². The standard InChI is InChI=1S/C6H6O/c1-3-6(2)4-5-7/h1,4-5H,2H3/b6-4+. The molecule has 0 amide bonds. The van der Waals surface area contributed by atoms with Gasteiger partial charge in [0.2, 0.25) is 0 Å². The molecule has 0 aliphatic carbocycles. The maximum Gasteiger partial charge on any atom is 0.143 e. The minimum Gasteiger partial charge on any atom is -0.299 e. The van der Waals surface area contributed by atoms with Crippen LogP contribution in [0.2, 0.25) is 0 Å². The van der Waals surface area contributed by atoms with Gasteiger partial charge >= 0.3 is 0 Å². The van der Waals surface area contributed by atoms with Gasteiger partial charge in [-0.3, -0.25) is 4.79 Å². The predicted octanol–water partition coefficient (Wildman–Crippen LogP) is 0.765. The summed E-state index contributed by atoms with van der Waals surface area (Å²) in [7, 11) is 0. The molecule has 0 N–H and O–H groups in total. The van der Waals surface area contributed by atoms with E-state index in [0.29, 0.717) is 11.9 Å². The quantitative estimate of drug-likeness (QED) is 0.266. The van der Waals surface area contributed by atoms with E-state index in [1.807, 2.05) is 0 Å². The van der Waals surface area contributed by atoms with Gasteiger partial charge in [0.1, 0.15) is 6.29 Å². The molecule has 36 valence electrons. The van der Waals surface area contributed by atoms with Crippen LogP contribution in [0.3, 0.4) is 0 Å². The molecule has 1 nitrogen and oxygen atoms in total. The Morgan fingerprint density at radius 1 is 1.86 bits per heavy atom. The number of allylic oxidation sites excluding steroid dienone is 2. The molecule has 0 saturated heterocycles. The van der Waals surface area contributed by atoms with E-state index in [0.717, 1.165) is 0 Å². The van der Waals surface area contributed by atoms with Crippen LogP contribution in [-0.2, 0) is 4.79 Å². The summed E-state index contributed by atoms with van der Waals surface area (Å²) >= 11 is 0. The van der Waals surface area contributed by atoms with E-state index in [1.165, 1.54) is 6.08 Å². The van der Waals surface area contributed by atoms with Gasteiger partial charge in [-0.2, -0.15) is 0 Å². The lowest BCUT2D eigenvalue weighted by Gasteiger charge is -1.74. The number of terminal acetylenes is 1. The minimum absolute atomic E-state index is 0.662. The zero-order valence-electron chi connectivity index (χ0n) is 4.14. The van der Waals surface area contributed by atoms with E-state index in [4.69, 9.17) is 6.42 Å². The van der Waals surface area contributed by atoms with E-state index >= 15 is 0 Å². The summed E-state index contributed by atoms with van der Waals surface area (Å²) in [5, 5.41) is 0. The third-order valence-corrected chi connectivity index (χ3v) is 0.546. The minimum atomic E-state index is 0.662. The van der Waals surface area contributed by atoms with Gasteiger partial charge in [0.05, 0.1) is 0 Å². The van der Waals surface area contributed by atoms with Crippen LogP contribution in [0.1, 0.15) is 6.92 Å². The van der Waals surface area contributed by atoms with Crippen molar-refractivity contribution in [1.82, 2.24) is 0 Å². The van der Waals surface area contributed by atoms with Crippen molar-refractivity contribution >= 4 is 6.29 Å². The fraction of sp³-hybridized carbons (Fsp3) is 0.167. The summed E-state index contributed by atoms with van der Waals surface area (Å²) in [6.07, 6.45) is 6.90. The van der Waals surface area contributed by atoms with Crippen molar-refractivity contribution in [3.63, 3.8) is 0 Å². The van der Waals surface area contributed by atoms with Gasteiger partial charge in [0.15, 0.2) is 0 Å². The number of hydrogen-bond acceptors (Lipinski definition) is 1. The van der Waals surface area contributed by atoms with Crippen molar-refractivity contribution in [2.45, 2.75) is 6.92 Å². The first-order valence-electron chi connectivity index (χ1n) is 1.90. The smallest absolute Gasteiger partial charge is 0.143 e. The van der Waals surface area contributed by atoms with Crippen molar-refractivity contribution in [3.8, 4) is 12.3 Å². The normalized spacial score (nSPS) is 10.0. The topological polar surface area (TPSA) is 17.1 Å². The lowest BCUT2D eigenvalue weighted by Crippen LogP contribution is -1.66. The van der Waals surface area contributed by atoms with Gasteiger partial charge in [0.25, 0.3) is 0 Å². The molecule has 0 radical (unpaired) electrons. The highest BCUT2D eigenvalue weighted by Crippen LogP contribution is 1.82. The molecule has 0 spiro atoms. The second-order valence-electron chi connectivity index (χ2n) is 1.13. The van der Waals surface area contributed by atoms with Crippen LogP contribution in [0.15, 0.2) is 11.6 Å². The molecule has 7 heavy (non-hydrogen) atoms. The summed E-state index contributed by atoms with van der Waals surface area (Å²) < 4.78 is 0. The second-order valence-corrected chi connectivity index (χ2v) is 1.13. The first-order chi connectivity index (χ1) is 3.31. The molecule has 0 unspecified atom stereocenters. The van der Waals surface area contributed by atoms with E-state index in [9.17, 15) is 4.79 Å². The first kappa shape index (κ1) is 5.97. The zero-order valence-corrected chi connectivity index (χ0v) is 4.14. The van der Waals surface area contributed by atoms with Crippen LogP contribution in [0.5, 0.6) is 0 Å². The summed E-state index contributed by atoms with van der Waals surface area (Å²) in [4.78, 5) is 9.60. The van der Waals surface area contributed by atoms with Gasteiger partial charge < -0.3 is 0 Å². The van der Waals surface area contributed by atoms with Crippen LogP contribution in [-0.4, -0.2) is 6.29 Å². The fourth-order valence-electron chi connectivity index (χ4n) is 0.150. The highest BCUT2D eigenvalue weighted by molar-refractivity contribution is 5.67. The van der Waals surface area contributed by atoms with Gasteiger partial charge in [0, 0.05) is 5.57 Å². The van der Waals surface area contributed by atoms with Crippen molar-refractivity contribution in [2.75, 3.05) is 0 Å². The van der Waals surface area contributed by atoms with Crippen molar-refractivity contribution in [1.29, 1.82) is 0 Å². The van der Waals surface area contributed by atoms with Crippen molar-refractivity contribution in [3.05, 3.63) is 11.6 Å². The molecule has 0 aliphatic rings. The predicted molar refractivity (Wildman–Crippen MR) is 28.7 cm³/mol. The number of hydrogen-bond donors (Lipinski definition) is 0. The Balaban J connectivity index is 3.80. The Morgan fingerprint density at radius 3 is 2.57 bits per heavy atom. The summed E-state index contributed by atoms with van der Waals surface area (Å²) in [6, 6.07) is 0. The second kappa shape index (κ2) is 3.17. The largest absolute Gasteiger partial charge is 0.299 e. The Hall–Kier alpha value is -1.03. The molecule has 0 aliphatic heterocycles. The highest BCUT2D eigenvalue weighted by Gasteiger charge is 1.72. The maximum atomic E-state index is 9.60. The van der Waals surface area contributed by atoms with Crippen LogP contribution in [0, 0.1) is 12.3 Å². The summed E-state index contributed by atoms with van der Waals surface area (Å²) in [6.45, 7) is 1.70. The van der Waals surface area contributed by atoms with Crippen LogP contribution >= 0.6 is 0 Å². The Labute approximate surface area is 43.0 Å². The molecule has 0 aromatic rings. The Kier molecular flexibility index (Phi) is 2.70. The Morgan fingerprint density at radius 2 is 2.43 bits per heavy atom. The average molecular weight is 94.1 g/mol. The molecule has 0 saturated carbocycles. The molecular formula is C6H6O. The van der Waals surface area contributed by atoms with Gasteiger partial charge in [-0.05, 0) is 13.0 Å². The number of carbonyl (C=O) groups is 1. The molecule has 0 aromatic carbocycles. The SMILES string of the molecule is C#C/C(C)=C/C=O. The summed E-state index contributed by atoms with van der Waals surface area (Å²) in [5.74, 6) is 2.30. The fourth-order valence-corrected chi connectivity index (χ4v) is 0.150. The number of carbonyl (C=O) groups excluding carboxylic acids is 1. The van der Waals surface area contributed by atoms with Crippen LogP contribution < -0.4 is 0 Å². The number of aldehydes is 1. The monoisotopic (exact) mass is 94.0 g/mol. The maximum absolute atomic E-state index is 9.60. The molecule has 1 heteroatoms. The van der Waals surface area contributed by atoms with Crippen LogP contribution in [0.4, 0.5) is 0 Å². The summed E-state index contributed by atoms with van der Waals surface area (Å²) in [5.41, 5.74) is 0.662. The number of rotatable bonds is 1. The third kappa shape index (κ3) is 2.78. The van der Waals surface area contributed by atoms with E-state index in [2.05, 4.69) is 5.92 Å². The van der Waals surface area contributed by atoms with E-state index in [1.54, 1.807) is 6.92 Å². The molecule has 0 fully saturated rings. The zero-order chi connectivity index (χ0) is 5.70. The van der Waals surface area contributed by atoms with Gasteiger partial charge in [-0.15, -0.1) is 6.42 Å².